The number of hydrogen-bond donors (Lipinski definition) is 0. The van der Waals surface area contributed by atoms with Crippen LogP contribution in [0, 0.1) is 0 Å². The maximum Gasteiger partial charge on any atom is 0.284 e. The van der Waals surface area contributed by atoms with Crippen molar-refractivity contribution in [1.29, 1.82) is 0 Å². The van der Waals surface area contributed by atoms with Gasteiger partial charge in [0.15, 0.2) is 11.5 Å². The van der Waals surface area contributed by atoms with Crippen molar-refractivity contribution in [2.24, 2.45) is 0 Å². The Hall–Kier alpha value is -2.82. The summed E-state index contributed by atoms with van der Waals surface area (Å²) in [6, 6.07) is 12.3. The Kier molecular flexibility index (Phi) is 2.26. The maximum atomic E-state index is 12.0. The first-order valence-electron chi connectivity index (χ1n) is 6.11. The third-order valence-corrected chi connectivity index (χ3v) is 3.15. The van der Waals surface area contributed by atoms with E-state index in [2.05, 4.69) is 4.98 Å². The Labute approximate surface area is 113 Å². The minimum absolute atomic E-state index is 0.202. The van der Waals surface area contributed by atoms with Crippen LogP contribution in [-0.4, -0.2) is 11.8 Å². The smallest absolute Gasteiger partial charge is 0.284 e. The van der Waals surface area contributed by atoms with Gasteiger partial charge in [0, 0.05) is 5.56 Å². The van der Waals surface area contributed by atoms with E-state index in [-0.39, 0.29) is 18.2 Å². The molecule has 0 unspecified atom stereocenters. The summed E-state index contributed by atoms with van der Waals surface area (Å²) in [4.78, 5) is 16.0. The van der Waals surface area contributed by atoms with Crippen molar-refractivity contribution < 1.29 is 13.9 Å². The summed E-state index contributed by atoms with van der Waals surface area (Å²) in [6.45, 7) is 0.202. The quantitative estimate of drug-likeness (QED) is 0.678. The number of para-hydroxylation sites is 1. The molecule has 4 rings (SSSR count). The lowest BCUT2D eigenvalue weighted by atomic mass is 10.2. The summed E-state index contributed by atoms with van der Waals surface area (Å²) in [5.41, 5.74) is 0.886. The average Bonchev–Trinajstić information content (AvgIpc) is 2.94. The van der Waals surface area contributed by atoms with Crippen LogP contribution in [0.3, 0.4) is 0 Å². The highest BCUT2D eigenvalue weighted by Crippen LogP contribution is 2.35. The van der Waals surface area contributed by atoms with Gasteiger partial charge in [0.2, 0.25) is 12.7 Å². The van der Waals surface area contributed by atoms with E-state index in [0.717, 1.165) is 0 Å². The lowest BCUT2D eigenvalue weighted by Crippen LogP contribution is -2.06. The molecule has 0 amide bonds. The van der Waals surface area contributed by atoms with E-state index in [1.807, 2.05) is 6.07 Å². The van der Waals surface area contributed by atoms with E-state index in [0.29, 0.717) is 28.0 Å². The topological polar surface area (TPSA) is 61.6 Å². The van der Waals surface area contributed by atoms with Crippen LogP contribution in [0.2, 0.25) is 0 Å². The van der Waals surface area contributed by atoms with E-state index >= 15 is 0 Å². The van der Waals surface area contributed by atoms with Gasteiger partial charge in [0.25, 0.3) is 5.56 Å². The number of fused-ring (bicyclic) bond motifs is 2. The van der Waals surface area contributed by atoms with E-state index in [1.165, 1.54) is 0 Å². The third-order valence-electron chi connectivity index (χ3n) is 3.15. The monoisotopic (exact) mass is 267 g/mol. The van der Waals surface area contributed by atoms with Crippen LogP contribution < -0.4 is 15.0 Å². The van der Waals surface area contributed by atoms with Crippen molar-refractivity contribution in [3.8, 4) is 23.0 Å². The summed E-state index contributed by atoms with van der Waals surface area (Å²) < 4.78 is 16.2. The predicted octanol–water partition coefficient (Wildman–Crippen LogP) is 2.58. The van der Waals surface area contributed by atoms with Crippen LogP contribution in [0.25, 0.3) is 22.4 Å². The van der Waals surface area contributed by atoms with E-state index in [1.54, 1.807) is 36.4 Å². The number of aromatic nitrogens is 1. The molecule has 1 aromatic heterocycles. The van der Waals surface area contributed by atoms with Crippen LogP contribution >= 0.6 is 0 Å². The first kappa shape index (κ1) is 11.0. The molecule has 5 nitrogen and oxygen atoms in total. The molecule has 2 aromatic carbocycles. The molecule has 1 aliphatic rings. The lowest BCUT2D eigenvalue weighted by molar-refractivity contribution is 0.174. The minimum atomic E-state index is -0.306. The maximum absolute atomic E-state index is 12.0. The van der Waals surface area contributed by atoms with Gasteiger partial charge in [-0.15, -0.1) is 0 Å². The molecule has 0 saturated carbocycles. The molecular formula is C15H9NO4. The number of benzene rings is 2. The molecule has 0 radical (unpaired) electrons. The molecule has 0 fully saturated rings. The van der Waals surface area contributed by atoms with Crippen molar-refractivity contribution in [3.63, 3.8) is 0 Å². The summed E-state index contributed by atoms with van der Waals surface area (Å²) in [5, 5.41) is 0.469. The molecule has 0 bridgehead atoms. The zero-order valence-electron chi connectivity index (χ0n) is 10.3. The number of ether oxygens (including phenoxy) is 2. The second-order valence-corrected chi connectivity index (χ2v) is 4.39. The standard InChI is InChI=1S/C15H9NO4/c17-14-10-3-1-2-4-11(10)20-15(16-14)9-5-6-12-13(7-9)19-8-18-12/h1-7H,8H2. The van der Waals surface area contributed by atoms with E-state index in [9.17, 15) is 4.79 Å². The summed E-state index contributed by atoms with van der Waals surface area (Å²) >= 11 is 0. The van der Waals surface area contributed by atoms with Crippen molar-refractivity contribution in [1.82, 2.24) is 4.98 Å². The Morgan fingerprint density at radius 3 is 2.80 bits per heavy atom. The highest BCUT2D eigenvalue weighted by molar-refractivity contribution is 5.76. The number of hydrogen-bond acceptors (Lipinski definition) is 5. The van der Waals surface area contributed by atoms with Crippen LogP contribution in [0.5, 0.6) is 11.5 Å². The normalized spacial score (nSPS) is 12.8. The number of rotatable bonds is 1. The third kappa shape index (κ3) is 1.64. The minimum Gasteiger partial charge on any atom is -0.454 e. The van der Waals surface area contributed by atoms with Crippen LogP contribution in [-0.2, 0) is 0 Å². The molecule has 0 saturated heterocycles. The van der Waals surface area contributed by atoms with Crippen molar-refractivity contribution in [2.45, 2.75) is 0 Å². The molecule has 1 aliphatic heterocycles. The molecule has 0 aliphatic carbocycles. The van der Waals surface area contributed by atoms with Gasteiger partial charge in [-0.2, -0.15) is 4.98 Å². The van der Waals surface area contributed by atoms with Crippen LogP contribution in [0.1, 0.15) is 0 Å². The molecule has 2 heterocycles. The van der Waals surface area contributed by atoms with Gasteiger partial charge in [-0.25, -0.2) is 0 Å². The lowest BCUT2D eigenvalue weighted by Gasteiger charge is -2.03. The zero-order valence-corrected chi connectivity index (χ0v) is 10.3. The van der Waals surface area contributed by atoms with Gasteiger partial charge >= 0.3 is 0 Å². The van der Waals surface area contributed by atoms with Gasteiger partial charge in [-0.3, -0.25) is 4.79 Å². The summed E-state index contributed by atoms with van der Waals surface area (Å²) in [5.74, 6) is 1.57. The van der Waals surface area contributed by atoms with Crippen LogP contribution in [0.4, 0.5) is 0 Å². The average molecular weight is 267 g/mol. The molecule has 20 heavy (non-hydrogen) atoms. The van der Waals surface area contributed by atoms with Gasteiger partial charge in [-0.05, 0) is 30.3 Å². The van der Waals surface area contributed by atoms with Crippen LogP contribution in [0.15, 0.2) is 51.7 Å². The first-order valence-corrected chi connectivity index (χ1v) is 6.11. The van der Waals surface area contributed by atoms with Gasteiger partial charge < -0.3 is 13.9 Å². The Morgan fingerprint density at radius 1 is 1.00 bits per heavy atom. The largest absolute Gasteiger partial charge is 0.454 e. The summed E-state index contributed by atoms with van der Waals surface area (Å²) in [7, 11) is 0. The SMILES string of the molecule is O=c1nc(-c2ccc3c(c2)OCO3)oc2ccccc12. The Bertz CT molecular complexity index is 869. The fourth-order valence-electron chi connectivity index (χ4n) is 2.16. The molecule has 0 N–H and O–H groups in total. The van der Waals surface area contributed by atoms with Crippen molar-refractivity contribution in [2.75, 3.05) is 6.79 Å². The van der Waals surface area contributed by atoms with E-state index < -0.39 is 0 Å². The highest BCUT2D eigenvalue weighted by Gasteiger charge is 2.16. The number of nitrogens with zero attached hydrogens (tertiary/aromatic N) is 1. The van der Waals surface area contributed by atoms with Gasteiger partial charge in [0.1, 0.15) is 5.58 Å². The fraction of sp³-hybridized carbons (Fsp3) is 0.0667. The second kappa shape index (κ2) is 4.09. The Balaban J connectivity index is 1.92. The molecule has 3 aromatic rings. The molecule has 0 atom stereocenters. The Morgan fingerprint density at radius 2 is 1.85 bits per heavy atom. The van der Waals surface area contributed by atoms with Crippen molar-refractivity contribution >= 4 is 11.0 Å². The second-order valence-electron chi connectivity index (χ2n) is 4.39. The molecule has 0 spiro atoms. The zero-order chi connectivity index (χ0) is 13.5. The summed E-state index contributed by atoms with van der Waals surface area (Å²) in [6.07, 6.45) is 0. The van der Waals surface area contributed by atoms with Crippen molar-refractivity contribution in [3.05, 3.63) is 52.8 Å². The van der Waals surface area contributed by atoms with Gasteiger partial charge in [-0.1, -0.05) is 12.1 Å². The molecule has 98 valence electrons. The molecule has 5 heteroatoms. The predicted molar refractivity (Wildman–Crippen MR) is 71.8 cm³/mol. The van der Waals surface area contributed by atoms with E-state index in [4.69, 9.17) is 13.9 Å². The first-order chi connectivity index (χ1) is 9.81. The fourth-order valence-corrected chi connectivity index (χ4v) is 2.16. The molecular weight excluding hydrogens is 258 g/mol. The van der Waals surface area contributed by atoms with Gasteiger partial charge in [0.05, 0.1) is 5.39 Å². The highest BCUT2D eigenvalue weighted by atomic mass is 16.7.